The second-order valence-electron chi connectivity index (χ2n) is 10.9. The van der Waals surface area contributed by atoms with E-state index < -0.39 is 11.1 Å². The highest BCUT2D eigenvalue weighted by Crippen LogP contribution is 2.47. The van der Waals surface area contributed by atoms with E-state index in [0.29, 0.717) is 37.2 Å². The smallest absolute Gasteiger partial charge is 0.231 e. The van der Waals surface area contributed by atoms with Crippen molar-refractivity contribution in [1.29, 1.82) is 0 Å². The molecule has 0 radical (unpaired) electrons. The number of hydrogen-bond donors (Lipinski definition) is 2. The molecule has 1 fully saturated rings. The van der Waals surface area contributed by atoms with Crippen molar-refractivity contribution in [3.8, 4) is 5.75 Å². The fourth-order valence-corrected chi connectivity index (χ4v) is 5.29. The number of ether oxygens (including phenoxy) is 2. The van der Waals surface area contributed by atoms with Crippen LogP contribution in [0, 0.1) is 17.7 Å². The Balaban J connectivity index is 1.51. The first-order chi connectivity index (χ1) is 15.9. The van der Waals surface area contributed by atoms with E-state index >= 15 is 0 Å². The van der Waals surface area contributed by atoms with Gasteiger partial charge in [0.25, 0.3) is 0 Å². The van der Waals surface area contributed by atoms with Gasteiger partial charge in [-0.2, -0.15) is 0 Å². The zero-order chi connectivity index (χ0) is 24.8. The fourth-order valence-electron chi connectivity index (χ4n) is 5.29. The van der Waals surface area contributed by atoms with E-state index in [-0.39, 0.29) is 53.9 Å². The Morgan fingerprint density at radius 1 is 1.38 bits per heavy atom. The lowest BCUT2D eigenvalue weighted by Gasteiger charge is -2.38. The molecular formula is C25H35FN4O4. The van der Waals surface area contributed by atoms with Crippen molar-refractivity contribution >= 4 is 17.8 Å². The standard InChI is InChI=1S/C25H35FN4O4/c1-24(2)13-21(31)30(23(27)29-24)19(8-9-33-5)15-11-16(15)22(32)28-18-12-25(3,4)34-20-7-6-14(26)10-17(18)20/h6-7,10,15-16,18-19H,8-9,11-13H2,1-5H3,(H2,27,29)(H,28,32)/t15?,16?,18-,19+/m0/s1. The first-order valence-electron chi connectivity index (χ1n) is 11.9. The van der Waals surface area contributed by atoms with Crippen molar-refractivity contribution in [2.75, 3.05) is 13.7 Å². The highest BCUT2D eigenvalue weighted by atomic mass is 19.1. The number of carbonyl (C=O) groups is 2. The minimum atomic E-state index is -0.539. The van der Waals surface area contributed by atoms with E-state index in [1.165, 1.54) is 12.1 Å². The van der Waals surface area contributed by atoms with Crippen LogP contribution in [0.2, 0.25) is 0 Å². The molecule has 8 nitrogen and oxygen atoms in total. The molecule has 2 heterocycles. The predicted octanol–water partition coefficient (Wildman–Crippen LogP) is 2.91. The zero-order valence-electron chi connectivity index (χ0n) is 20.6. The minimum Gasteiger partial charge on any atom is -0.487 e. The van der Waals surface area contributed by atoms with Crippen LogP contribution in [0.4, 0.5) is 4.39 Å². The average molecular weight is 475 g/mol. The molecule has 2 amide bonds. The Hall–Kier alpha value is -2.68. The summed E-state index contributed by atoms with van der Waals surface area (Å²) in [7, 11) is 1.61. The highest BCUT2D eigenvalue weighted by Gasteiger charge is 2.52. The van der Waals surface area contributed by atoms with Crippen LogP contribution in [0.1, 0.15) is 65.0 Å². The summed E-state index contributed by atoms with van der Waals surface area (Å²) in [5.74, 6) is -0.0885. The van der Waals surface area contributed by atoms with Gasteiger partial charge in [0.2, 0.25) is 11.8 Å². The van der Waals surface area contributed by atoms with Crippen LogP contribution in [0.3, 0.4) is 0 Å². The quantitative estimate of drug-likeness (QED) is 0.632. The van der Waals surface area contributed by atoms with Gasteiger partial charge in [-0.25, -0.2) is 9.38 Å². The summed E-state index contributed by atoms with van der Waals surface area (Å²) in [6, 6.07) is 3.77. The van der Waals surface area contributed by atoms with Crippen LogP contribution in [0.25, 0.3) is 0 Å². The number of nitrogens with zero attached hydrogens (tertiary/aromatic N) is 2. The summed E-state index contributed by atoms with van der Waals surface area (Å²) < 4.78 is 25.2. The molecule has 186 valence electrons. The molecule has 3 N–H and O–H groups in total. The van der Waals surface area contributed by atoms with Gasteiger partial charge in [0.15, 0.2) is 5.96 Å². The summed E-state index contributed by atoms with van der Waals surface area (Å²) in [6.45, 7) is 8.09. The molecule has 9 heteroatoms. The summed E-state index contributed by atoms with van der Waals surface area (Å²) >= 11 is 0. The Kier molecular flexibility index (Phi) is 6.35. The van der Waals surface area contributed by atoms with Gasteiger partial charge >= 0.3 is 0 Å². The maximum Gasteiger partial charge on any atom is 0.231 e. The summed E-state index contributed by atoms with van der Waals surface area (Å²) in [5, 5.41) is 3.12. The van der Waals surface area contributed by atoms with Crippen molar-refractivity contribution in [1.82, 2.24) is 10.2 Å². The van der Waals surface area contributed by atoms with Gasteiger partial charge < -0.3 is 20.5 Å². The van der Waals surface area contributed by atoms with Gasteiger partial charge in [0.1, 0.15) is 17.2 Å². The van der Waals surface area contributed by atoms with Crippen LogP contribution < -0.4 is 15.8 Å². The molecule has 0 saturated heterocycles. The Morgan fingerprint density at radius 2 is 2.12 bits per heavy atom. The second kappa shape index (κ2) is 8.83. The lowest BCUT2D eigenvalue weighted by molar-refractivity contribution is -0.132. The molecule has 0 bridgehead atoms. The Bertz CT molecular complexity index is 1010. The average Bonchev–Trinajstić information content (AvgIpc) is 3.50. The number of fused-ring (bicyclic) bond motifs is 1. The van der Waals surface area contributed by atoms with Crippen molar-refractivity contribution < 1.29 is 23.5 Å². The van der Waals surface area contributed by atoms with Gasteiger partial charge in [-0.1, -0.05) is 0 Å². The molecule has 0 aromatic heterocycles. The van der Waals surface area contributed by atoms with Gasteiger partial charge in [0, 0.05) is 37.7 Å². The molecule has 4 rings (SSSR count). The lowest BCUT2D eigenvalue weighted by atomic mass is 9.89. The lowest BCUT2D eigenvalue weighted by Crippen LogP contribution is -2.55. The van der Waals surface area contributed by atoms with Crippen molar-refractivity contribution in [3.63, 3.8) is 0 Å². The SMILES string of the molecule is COCC[C@H](C1CC1C(=O)N[C@H]1CC(C)(C)Oc2ccc(F)cc21)N1C(=O)CC(C)(C)N=C1N. The van der Waals surface area contributed by atoms with Crippen LogP contribution in [-0.2, 0) is 14.3 Å². The van der Waals surface area contributed by atoms with E-state index in [1.54, 1.807) is 18.1 Å². The number of aliphatic imine (C=N–C) groups is 1. The molecular weight excluding hydrogens is 439 g/mol. The molecule has 0 spiro atoms. The number of nitrogens with two attached hydrogens (primary N) is 1. The summed E-state index contributed by atoms with van der Waals surface area (Å²) in [4.78, 5) is 32.3. The van der Waals surface area contributed by atoms with Crippen molar-refractivity contribution in [2.24, 2.45) is 22.6 Å². The van der Waals surface area contributed by atoms with E-state index in [4.69, 9.17) is 15.2 Å². The predicted molar refractivity (Wildman–Crippen MR) is 126 cm³/mol. The van der Waals surface area contributed by atoms with Crippen molar-refractivity contribution in [2.45, 2.75) is 76.6 Å². The molecule has 3 aliphatic rings. The van der Waals surface area contributed by atoms with Crippen LogP contribution in [0.15, 0.2) is 23.2 Å². The molecule has 2 aliphatic heterocycles. The monoisotopic (exact) mass is 474 g/mol. The number of rotatable bonds is 7. The molecule has 1 aromatic rings. The molecule has 4 atom stereocenters. The van der Waals surface area contributed by atoms with E-state index in [1.807, 2.05) is 27.7 Å². The Labute approximate surface area is 200 Å². The largest absolute Gasteiger partial charge is 0.487 e. The maximum absolute atomic E-state index is 13.9. The first kappa shape index (κ1) is 24.4. The van der Waals surface area contributed by atoms with Gasteiger partial charge in [-0.15, -0.1) is 0 Å². The van der Waals surface area contributed by atoms with Gasteiger partial charge in [-0.05, 0) is 64.7 Å². The third-order valence-electron chi connectivity index (χ3n) is 6.88. The number of guanidine groups is 1. The number of benzene rings is 1. The number of carbonyl (C=O) groups excluding carboxylic acids is 2. The molecule has 1 aromatic carbocycles. The van der Waals surface area contributed by atoms with Crippen molar-refractivity contribution in [3.05, 3.63) is 29.6 Å². The van der Waals surface area contributed by atoms with E-state index in [9.17, 15) is 14.0 Å². The molecule has 1 saturated carbocycles. The number of amides is 2. The normalized spacial score (nSPS) is 27.8. The molecule has 2 unspecified atom stereocenters. The third-order valence-corrected chi connectivity index (χ3v) is 6.88. The number of methoxy groups -OCH3 is 1. The fraction of sp³-hybridized carbons (Fsp3) is 0.640. The Morgan fingerprint density at radius 3 is 2.79 bits per heavy atom. The summed E-state index contributed by atoms with van der Waals surface area (Å²) in [6.07, 6.45) is 1.99. The molecule has 34 heavy (non-hydrogen) atoms. The van der Waals surface area contributed by atoms with Gasteiger partial charge in [-0.3, -0.25) is 14.5 Å². The summed E-state index contributed by atoms with van der Waals surface area (Å²) in [5.41, 5.74) is 5.82. The number of hydrogen-bond acceptors (Lipinski definition) is 6. The number of nitrogens with one attached hydrogen (secondary N) is 1. The van der Waals surface area contributed by atoms with E-state index in [0.717, 1.165) is 0 Å². The number of halogens is 1. The second-order valence-corrected chi connectivity index (χ2v) is 10.9. The highest BCUT2D eigenvalue weighted by molar-refractivity contribution is 5.99. The van der Waals surface area contributed by atoms with Crippen LogP contribution >= 0.6 is 0 Å². The van der Waals surface area contributed by atoms with Crippen LogP contribution in [-0.4, -0.2) is 53.6 Å². The third kappa shape index (κ3) is 5.04. The van der Waals surface area contributed by atoms with Gasteiger partial charge in [0.05, 0.1) is 18.0 Å². The zero-order valence-corrected chi connectivity index (χ0v) is 20.6. The van der Waals surface area contributed by atoms with Crippen LogP contribution in [0.5, 0.6) is 5.75 Å². The maximum atomic E-state index is 13.9. The topological polar surface area (TPSA) is 106 Å². The van der Waals surface area contributed by atoms with E-state index in [2.05, 4.69) is 10.3 Å². The minimum absolute atomic E-state index is 0.0473. The molecule has 1 aliphatic carbocycles. The first-order valence-corrected chi connectivity index (χ1v) is 11.9.